The van der Waals surface area contributed by atoms with Crippen LogP contribution in [0.5, 0.6) is 0 Å². The van der Waals surface area contributed by atoms with Gasteiger partial charge in [0.2, 0.25) is 5.91 Å². The average Bonchev–Trinajstić information content (AvgIpc) is 3.22. The number of carbonyl (C=O) groups is 4. The minimum absolute atomic E-state index is 0.00403. The third-order valence-electron chi connectivity index (χ3n) is 11.5. The molecule has 7 nitrogen and oxygen atoms in total. The number of ketones is 1. The highest BCUT2D eigenvalue weighted by atomic mass is 16.5. The summed E-state index contributed by atoms with van der Waals surface area (Å²) in [5, 5.41) is 12.1. The van der Waals surface area contributed by atoms with Gasteiger partial charge in [-0.3, -0.25) is 19.2 Å². The zero-order valence-electron chi connectivity index (χ0n) is 23.1. The Labute approximate surface area is 226 Å². The normalized spacial score (nSPS) is 40.3. The van der Waals surface area contributed by atoms with Gasteiger partial charge in [0.05, 0.1) is 12.3 Å². The predicted octanol–water partition coefficient (Wildman–Crippen LogP) is 5.22. The first-order valence-corrected chi connectivity index (χ1v) is 15.0. The molecule has 0 aromatic rings. The number of fused-ring (bicyclic) bond motifs is 5. The fourth-order valence-corrected chi connectivity index (χ4v) is 9.10. The Bertz CT molecular complexity index is 996. The van der Waals surface area contributed by atoms with Crippen molar-refractivity contribution in [3.8, 4) is 0 Å². The Hall–Kier alpha value is -2.18. The van der Waals surface area contributed by atoms with Crippen LogP contribution in [0.2, 0.25) is 0 Å². The SMILES string of the molecule is C[C@]12CCC3C(CCC4=CC(=O)CC[C@@]43C)C1CCC2OC(=O)CCC(=O)NCC1CCC(C(=O)O)CC1. The zero-order chi connectivity index (χ0) is 27.1. The molecule has 5 rings (SSSR count). The van der Waals surface area contributed by atoms with Crippen LogP contribution in [0.15, 0.2) is 11.6 Å². The second kappa shape index (κ2) is 10.8. The maximum atomic E-state index is 12.8. The monoisotopic (exact) mass is 527 g/mol. The first-order chi connectivity index (χ1) is 18.1. The van der Waals surface area contributed by atoms with E-state index >= 15 is 0 Å². The van der Waals surface area contributed by atoms with Gasteiger partial charge in [-0.15, -0.1) is 0 Å². The van der Waals surface area contributed by atoms with Crippen molar-refractivity contribution in [2.45, 2.75) is 110 Å². The molecule has 7 heteroatoms. The summed E-state index contributed by atoms with van der Waals surface area (Å²) in [6, 6.07) is 0. The molecular formula is C31H45NO6. The Morgan fingerprint density at radius 1 is 0.947 bits per heavy atom. The predicted molar refractivity (Wildman–Crippen MR) is 142 cm³/mol. The number of nitrogens with one attached hydrogen (secondary N) is 1. The van der Waals surface area contributed by atoms with Crippen LogP contribution in [-0.2, 0) is 23.9 Å². The van der Waals surface area contributed by atoms with Crippen LogP contribution in [0.4, 0.5) is 0 Å². The van der Waals surface area contributed by atoms with Crippen molar-refractivity contribution in [2.24, 2.45) is 40.4 Å². The molecule has 4 fully saturated rings. The Kier molecular flexibility index (Phi) is 7.76. The summed E-state index contributed by atoms with van der Waals surface area (Å²) in [5.41, 5.74) is 1.53. The van der Waals surface area contributed by atoms with Crippen LogP contribution < -0.4 is 5.32 Å². The van der Waals surface area contributed by atoms with E-state index in [0.29, 0.717) is 55.3 Å². The summed E-state index contributed by atoms with van der Waals surface area (Å²) >= 11 is 0. The smallest absolute Gasteiger partial charge is 0.306 e. The molecule has 4 saturated carbocycles. The number of ether oxygens (including phenoxy) is 1. The topological polar surface area (TPSA) is 110 Å². The van der Waals surface area contributed by atoms with Gasteiger partial charge in [0.15, 0.2) is 5.78 Å². The molecule has 0 saturated heterocycles. The molecule has 38 heavy (non-hydrogen) atoms. The van der Waals surface area contributed by atoms with Gasteiger partial charge in [0.1, 0.15) is 6.10 Å². The zero-order valence-corrected chi connectivity index (χ0v) is 23.1. The van der Waals surface area contributed by atoms with Crippen molar-refractivity contribution in [1.82, 2.24) is 5.32 Å². The molecule has 0 aromatic heterocycles. The summed E-state index contributed by atoms with van der Waals surface area (Å²) in [7, 11) is 0. The number of aliphatic carboxylic acids is 1. The lowest BCUT2D eigenvalue weighted by Crippen LogP contribution is -2.51. The van der Waals surface area contributed by atoms with Gasteiger partial charge in [0, 0.05) is 24.8 Å². The van der Waals surface area contributed by atoms with Crippen molar-refractivity contribution in [1.29, 1.82) is 0 Å². The first kappa shape index (κ1) is 27.4. The summed E-state index contributed by atoms with van der Waals surface area (Å²) < 4.78 is 6.06. The minimum atomic E-state index is -0.720. The maximum Gasteiger partial charge on any atom is 0.306 e. The van der Waals surface area contributed by atoms with Crippen molar-refractivity contribution in [3.05, 3.63) is 11.6 Å². The number of amides is 1. The highest BCUT2D eigenvalue weighted by molar-refractivity contribution is 5.91. The van der Waals surface area contributed by atoms with Crippen molar-refractivity contribution in [3.63, 3.8) is 0 Å². The van der Waals surface area contributed by atoms with E-state index in [1.807, 2.05) is 6.08 Å². The second-order valence-corrected chi connectivity index (χ2v) is 13.4. The number of hydrogen-bond acceptors (Lipinski definition) is 5. The standard InChI is InChI=1S/C31H45NO6/c1-30-15-13-22(33)17-21(30)7-8-23-24-9-10-26(31(24,2)16-14-25(23)30)38-28(35)12-11-27(34)32-18-19-3-5-20(6-4-19)29(36)37/h17,19-20,23-26H,3-16,18H2,1-2H3,(H,32,34)(H,36,37)/t19?,20?,23?,24?,25?,26?,30-,31-/m0/s1. The van der Waals surface area contributed by atoms with Gasteiger partial charge in [0.25, 0.3) is 0 Å². The van der Waals surface area contributed by atoms with Crippen molar-refractivity contribution < 1.29 is 29.0 Å². The van der Waals surface area contributed by atoms with E-state index in [9.17, 15) is 19.2 Å². The lowest BCUT2D eigenvalue weighted by Gasteiger charge is -2.57. The number of hydrogen-bond donors (Lipinski definition) is 2. The summed E-state index contributed by atoms with van der Waals surface area (Å²) in [5.74, 6) is 1.02. The molecule has 4 unspecified atom stereocenters. The lowest BCUT2D eigenvalue weighted by molar-refractivity contribution is -0.160. The van der Waals surface area contributed by atoms with Crippen LogP contribution >= 0.6 is 0 Å². The van der Waals surface area contributed by atoms with Gasteiger partial charge < -0.3 is 15.2 Å². The van der Waals surface area contributed by atoms with Crippen LogP contribution in [0.3, 0.4) is 0 Å². The van der Waals surface area contributed by atoms with Crippen molar-refractivity contribution >= 4 is 23.6 Å². The third kappa shape index (κ3) is 5.19. The molecule has 0 spiro atoms. The Morgan fingerprint density at radius 3 is 2.45 bits per heavy atom. The average molecular weight is 528 g/mol. The molecule has 0 heterocycles. The van der Waals surface area contributed by atoms with Gasteiger partial charge >= 0.3 is 11.9 Å². The van der Waals surface area contributed by atoms with Gasteiger partial charge in [-0.05, 0) is 106 Å². The highest BCUT2D eigenvalue weighted by Crippen LogP contribution is 2.65. The third-order valence-corrected chi connectivity index (χ3v) is 11.5. The van der Waals surface area contributed by atoms with E-state index in [0.717, 1.165) is 57.8 Å². The molecule has 0 aromatic carbocycles. The number of esters is 1. The van der Waals surface area contributed by atoms with E-state index < -0.39 is 5.97 Å². The van der Waals surface area contributed by atoms with Crippen LogP contribution in [-0.4, -0.2) is 41.4 Å². The van der Waals surface area contributed by atoms with E-state index in [-0.39, 0.29) is 47.6 Å². The van der Waals surface area contributed by atoms with Gasteiger partial charge in [-0.2, -0.15) is 0 Å². The number of allylic oxidation sites excluding steroid dienone is 1. The second-order valence-electron chi connectivity index (χ2n) is 13.4. The molecule has 5 aliphatic rings. The number of rotatable bonds is 7. The van der Waals surface area contributed by atoms with Crippen LogP contribution in [0, 0.1) is 40.4 Å². The molecule has 1 amide bonds. The first-order valence-electron chi connectivity index (χ1n) is 15.0. The summed E-state index contributed by atoms with van der Waals surface area (Å²) in [6.07, 6.45) is 13.1. The Morgan fingerprint density at radius 2 is 1.71 bits per heavy atom. The minimum Gasteiger partial charge on any atom is -0.481 e. The lowest BCUT2D eigenvalue weighted by atomic mass is 9.47. The summed E-state index contributed by atoms with van der Waals surface area (Å²) in [6.45, 7) is 5.27. The van der Waals surface area contributed by atoms with Crippen LogP contribution in [0.1, 0.15) is 104 Å². The highest BCUT2D eigenvalue weighted by Gasteiger charge is 2.60. The van der Waals surface area contributed by atoms with Crippen LogP contribution in [0.25, 0.3) is 0 Å². The quantitative estimate of drug-likeness (QED) is 0.440. The number of carboxylic acids is 1. The van der Waals surface area contributed by atoms with Crippen molar-refractivity contribution in [2.75, 3.05) is 6.54 Å². The molecule has 2 N–H and O–H groups in total. The molecule has 0 aliphatic heterocycles. The summed E-state index contributed by atoms with van der Waals surface area (Å²) in [4.78, 5) is 48.3. The Balaban J connectivity index is 1.09. The van der Waals surface area contributed by atoms with E-state index in [1.54, 1.807) is 0 Å². The van der Waals surface area contributed by atoms with Gasteiger partial charge in [-0.25, -0.2) is 0 Å². The molecular weight excluding hydrogens is 482 g/mol. The number of carboxylic acid groups (broad SMARTS) is 1. The number of carbonyl (C=O) groups excluding carboxylic acids is 3. The molecule has 0 radical (unpaired) electrons. The molecule has 5 aliphatic carbocycles. The van der Waals surface area contributed by atoms with E-state index in [1.165, 1.54) is 5.57 Å². The fraction of sp³-hybridized carbons (Fsp3) is 0.806. The van der Waals surface area contributed by atoms with E-state index in [4.69, 9.17) is 9.84 Å². The molecule has 6 atom stereocenters. The molecule has 0 bridgehead atoms. The van der Waals surface area contributed by atoms with E-state index in [2.05, 4.69) is 19.2 Å². The van der Waals surface area contributed by atoms with Gasteiger partial charge in [-0.1, -0.05) is 19.4 Å². The maximum absolute atomic E-state index is 12.8. The largest absolute Gasteiger partial charge is 0.481 e. The fourth-order valence-electron chi connectivity index (χ4n) is 9.10. The molecule has 210 valence electrons.